The third-order valence-corrected chi connectivity index (χ3v) is 10.9. The number of carbonyl (C=O) groups excluding carboxylic acids is 3. The topological polar surface area (TPSA) is 397 Å². The average molecular weight is 949 g/mol. The maximum Gasteiger partial charge on any atom is 0.472 e. The number of likely N-dealkylation sites (N-methyl/N-ethyl adjacent to an activating group) is 1. The number of aliphatic hydroxyl groups excluding tert-OH is 2. The molecule has 3 aromatic rings. The van der Waals surface area contributed by atoms with Crippen molar-refractivity contribution < 1.29 is 80.9 Å². The highest BCUT2D eigenvalue weighted by Crippen LogP contribution is 2.50. The number of hydrogen-bond acceptors (Lipinski definition) is 21. The molecule has 2 amide bonds. The Hall–Kier alpha value is -4.80. The third-order valence-electron chi connectivity index (χ3n) is 9.44. The van der Waals surface area contributed by atoms with Crippen LogP contribution in [-0.2, 0) is 56.0 Å². The molecule has 5 rings (SSSR count). The van der Waals surface area contributed by atoms with E-state index in [2.05, 4.69) is 36.4 Å². The van der Waals surface area contributed by atoms with Crippen LogP contribution in [0.4, 0.5) is 11.6 Å². The molecule has 2 saturated heterocycles. The predicted molar refractivity (Wildman–Crippen MR) is 216 cm³/mol. The van der Waals surface area contributed by atoms with Gasteiger partial charge < -0.3 is 65.5 Å². The fourth-order valence-electron chi connectivity index (χ4n) is 6.48. The van der Waals surface area contributed by atoms with E-state index < -0.39 is 126 Å². The number of phosphoric ester groups is 2. The van der Waals surface area contributed by atoms with Gasteiger partial charge in [-0.3, -0.25) is 32.3 Å². The predicted octanol–water partition coefficient (Wildman–Crippen LogP) is -1.99. The molecule has 2 aliphatic heterocycles. The third kappa shape index (κ3) is 12.7. The fraction of sp³-hybridized carbons (Fsp3) is 0.588. The van der Waals surface area contributed by atoms with Gasteiger partial charge in [0.05, 0.1) is 26.1 Å². The fourth-order valence-corrected chi connectivity index (χ4v) is 7.79. The van der Waals surface area contributed by atoms with E-state index in [1.165, 1.54) is 24.0 Å². The van der Waals surface area contributed by atoms with E-state index in [1.54, 1.807) is 20.8 Å². The van der Waals surface area contributed by atoms with Gasteiger partial charge in [-0.25, -0.2) is 33.7 Å². The summed E-state index contributed by atoms with van der Waals surface area (Å²) in [6.07, 6.45) is -9.26. The van der Waals surface area contributed by atoms with Crippen LogP contribution in [-0.4, -0.2) is 158 Å². The molecule has 10 atom stereocenters. The molecule has 0 saturated carbocycles. The number of allylic oxidation sites excluding steroid dienone is 1. The first kappa shape index (κ1) is 50.2. The molecule has 64 heavy (non-hydrogen) atoms. The van der Waals surface area contributed by atoms with Crippen molar-refractivity contribution in [2.24, 2.45) is 0 Å². The van der Waals surface area contributed by atoms with Gasteiger partial charge in [-0.15, -0.1) is 6.58 Å². The van der Waals surface area contributed by atoms with Gasteiger partial charge in [-0.2, -0.15) is 4.98 Å². The molecular formula is C34H50N10O18P2. The van der Waals surface area contributed by atoms with Gasteiger partial charge >= 0.3 is 27.3 Å². The number of aromatic nitrogens is 6. The second kappa shape index (κ2) is 20.6. The Morgan fingerprint density at radius 3 is 2.30 bits per heavy atom. The molecule has 354 valence electrons. The number of amides is 2. The summed E-state index contributed by atoms with van der Waals surface area (Å²) < 4.78 is 65.0. The molecule has 0 aromatic carbocycles. The molecule has 0 aliphatic carbocycles. The van der Waals surface area contributed by atoms with Gasteiger partial charge in [0.15, 0.2) is 36.1 Å². The van der Waals surface area contributed by atoms with Crippen LogP contribution >= 0.6 is 15.6 Å². The second-order valence-electron chi connectivity index (χ2n) is 15.4. The first-order valence-corrected chi connectivity index (χ1v) is 22.2. The van der Waals surface area contributed by atoms with E-state index in [4.69, 9.17) is 39.5 Å². The Morgan fingerprint density at radius 1 is 1.02 bits per heavy atom. The summed E-state index contributed by atoms with van der Waals surface area (Å²) in [7, 11) is -9.38. The molecule has 2 aliphatic rings. The number of nitrogens with two attached hydrogens (primary N) is 2. The summed E-state index contributed by atoms with van der Waals surface area (Å²) >= 11 is 0. The van der Waals surface area contributed by atoms with Crippen LogP contribution in [0, 0.1) is 0 Å². The Bertz CT molecular complexity index is 2320. The molecule has 5 heterocycles. The molecule has 30 heteroatoms. The maximum absolute atomic E-state index is 14.0. The molecule has 3 aromatic heterocycles. The lowest BCUT2D eigenvalue weighted by Crippen LogP contribution is -2.50. The van der Waals surface area contributed by atoms with Crippen LogP contribution in [0.1, 0.15) is 46.1 Å². The van der Waals surface area contributed by atoms with Crippen molar-refractivity contribution in [2.45, 2.75) is 94.3 Å². The molecule has 0 spiro atoms. The van der Waals surface area contributed by atoms with Crippen LogP contribution < -0.4 is 22.5 Å². The van der Waals surface area contributed by atoms with E-state index in [9.17, 15) is 53.2 Å². The minimum atomic E-state index is -5.47. The van der Waals surface area contributed by atoms with Crippen molar-refractivity contribution in [1.82, 2.24) is 39.3 Å². The number of phosphoric acid groups is 2. The number of nitrogens with one attached hydrogen (secondary N) is 1. The standard InChI is InChI=1S/C34H50N10O18P2/c1-6-7-8-22(46)42(5)17(11-56-14-21(45)41-34(2,3)4)32(49)61-26-18(59-31(24(26)47)44-16-39-23-28(36)37-15-38-29(23)44)13-58-64(54,55)62-27-19(12-57-63(51,52)53)60-30(25(27)48)43-10-9-20(35)40-33(43)50/h6,9-10,15-19,24-27,30-31,47-48H,1,7-8,11-14H2,2-5H3,(H,41,45)(H,54,55)(H2,35,40,50)(H2,36,37,38)(H2,51,52,53)/t17-,18+,19+,24+,25+,26+,27+,30+,31+/m0/s1. The minimum absolute atomic E-state index is 0.0389. The number of aliphatic hydroxyl groups is 2. The largest absolute Gasteiger partial charge is 0.472 e. The van der Waals surface area contributed by atoms with E-state index >= 15 is 0 Å². The van der Waals surface area contributed by atoms with Crippen molar-refractivity contribution in [3.05, 3.63) is 48.1 Å². The highest BCUT2D eigenvalue weighted by atomic mass is 31.2. The van der Waals surface area contributed by atoms with Crippen molar-refractivity contribution >= 4 is 56.2 Å². The summed E-state index contributed by atoms with van der Waals surface area (Å²) in [5.41, 5.74) is 9.97. The zero-order chi connectivity index (χ0) is 47.3. The Kier molecular flexibility index (Phi) is 16.1. The van der Waals surface area contributed by atoms with Crippen LogP contribution in [0.15, 0.2) is 42.4 Å². The lowest BCUT2D eigenvalue weighted by Gasteiger charge is -2.29. The van der Waals surface area contributed by atoms with Crippen molar-refractivity contribution in [3.8, 4) is 0 Å². The Balaban J connectivity index is 1.41. The summed E-state index contributed by atoms with van der Waals surface area (Å²) in [6, 6.07) is -0.372. The van der Waals surface area contributed by atoms with E-state index in [0.29, 0.717) is 0 Å². The van der Waals surface area contributed by atoms with Crippen molar-refractivity contribution in [2.75, 3.05) is 44.9 Å². The van der Waals surface area contributed by atoms with Crippen molar-refractivity contribution in [1.29, 1.82) is 0 Å². The van der Waals surface area contributed by atoms with E-state index in [-0.39, 0.29) is 35.6 Å². The summed E-state index contributed by atoms with van der Waals surface area (Å²) in [6.45, 7) is 5.66. The monoisotopic (exact) mass is 948 g/mol. The normalized spacial score (nSPS) is 25.1. The van der Waals surface area contributed by atoms with Crippen LogP contribution in [0.25, 0.3) is 11.2 Å². The van der Waals surface area contributed by atoms with Gasteiger partial charge in [0.2, 0.25) is 11.8 Å². The highest BCUT2D eigenvalue weighted by Gasteiger charge is 2.52. The smallest absolute Gasteiger partial charge is 0.455 e. The van der Waals surface area contributed by atoms with Crippen LogP contribution in [0.3, 0.4) is 0 Å². The number of hydrogen-bond donors (Lipinski definition) is 8. The average Bonchev–Trinajstić information content (AvgIpc) is 3.86. The Labute approximate surface area is 363 Å². The number of esters is 1. The quantitative estimate of drug-likeness (QED) is 0.0345. The number of ether oxygens (including phenoxy) is 4. The number of imidazole rings is 1. The highest BCUT2D eigenvalue weighted by molar-refractivity contribution is 7.47. The van der Waals surface area contributed by atoms with Gasteiger partial charge in [-0.05, 0) is 33.3 Å². The van der Waals surface area contributed by atoms with Crippen LogP contribution in [0.5, 0.6) is 0 Å². The minimum Gasteiger partial charge on any atom is -0.455 e. The zero-order valence-corrected chi connectivity index (χ0v) is 36.5. The van der Waals surface area contributed by atoms with Crippen LogP contribution in [0.2, 0.25) is 0 Å². The molecule has 0 bridgehead atoms. The second-order valence-corrected chi connectivity index (χ2v) is 18.1. The Morgan fingerprint density at radius 2 is 1.66 bits per heavy atom. The van der Waals surface area contributed by atoms with Gasteiger partial charge in [0, 0.05) is 25.2 Å². The zero-order valence-electron chi connectivity index (χ0n) is 34.8. The molecule has 1 unspecified atom stereocenters. The first-order valence-electron chi connectivity index (χ1n) is 19.2. The number of anilines is 2. The van der Waals surface area contributed by atoms with E-state index in [0.717, 1.165) is 28.1 Å². The molecule has 10 N–H and O–H groups in total. The van der Waals surface area contributed by atoms with Crippen molar-refractivity contribution in [3.63, 3.8) is 0 Å². The molecule has 0 radical (unpaired) electrons. The summed E-state index contributed by atoms with van der Waals surface area (Å²) in [4.78, 5) is 98.5. The maximum atomic E-state index is 14.0. The summed E-state index contributed by atoms with van der Waals surface area (Å²) in [5.74, 6) is -2.49. The lowest BCUT2D eigenvalue weighted by atomic mass is 10.1. The SMILES string of the molecule is C=CCCC(=O)N(C)[C@@H](COCC(=O)NC(C)(C)C)C(=O)O[C@H]1[C@@H](O)[C@H](n2cnc3c(N)ncnc32)O[C@@H]1COP(=O)(O)O[C@H]1[C@@H](O)[C@H](n2ccc(N)nc2=O)O[C@@H]1COP(=O)(O)O. The summed E-state index contributed by atoms with van der Waals surface area (Å²) in [5, 5.41) is 25.6. The molecular weight excluding hydrogens is 898 g/mol. The molecule has 28 nitrogen and oxygen atoms in total. The first-order chi connectivity index (χ1) is 29.9. The van der Waals surface area contributed by atoms with Gasteiger partial charge in [0.1, 0.15) is 54.8 Å². The van der Waals surface area contributed by atoms with Gasteiger partial charge in [-0.1, -0.05) is 6.08 Å². The molecule has 2 fully saturated rings. The number of carbonyl (C=O) groups is 3. The lowest BCUT2D eigenvalue weighted by molar-refractivity contribution is -0.168. The number of rotatable bonds is 20. The van der Waals surface area contributed by atoms with Gasteiger partial charge in [0.25, 0.3) is 0 Å². The van der Waals surface area contributed by atoms with E-state index in [1.807, 2.05) is 0 Å². The number of nitrogens with zero attached hydrogens (tertiary/aromatic N) is 7. The number of fused-ring (bicyclic) bond motifs is 1. The number of nitrogen functional groups attached to an aromatic ring is 2.